The van der Waals surface area contributed by atoms with E-state index in [0.29, 0.717) is 29.1 Å². The molecule has 1 heterocycles. The van der Waals surface area contributed by atoms with Crippen molar-refractivity contribution in [2.45, 2.75) is 6.54 Å². The zero-order valence-electron chi connectivity index (χ0n) is 10.7. The average molecular weight is 293 g/mol. The third-order valence-corrected chi connectivity index (χ3v) is 3.11. The van der Waals surface area contributed by atoms with Crippen molar-refractivity contribution in [3.8, 4) is 6.07 Å². The van der Waals surface area contributed by atoms with Crippen molar-refractivity contribution in [3.05, 3.63) is 45.2 Å². The zero-order chi connectivity index (χ0) is 14.5. The molecular formula is C14H13ClN2O3. The predicted molar refractivity (Wildman–Crippen MR) is 75.8 cm³/mol. The number of pyridine rings is 1. The maximum atomic E-state index is 12.1. The van der Waals surface area contributed by atoms with E-state index in [2.05, 4.69) is 0 Å². The fourth-order valence-electron chi connectivity index (χ4n) is 1.96. The first-order valence-corrected chi connectivity index (χ1v) is 6.46. The SMILES string of the molecule is N#Cc1cn(CCOCCO)c2ccc(Cl)cc2c1=O. The quantitative estimate of drug-likeness (QED) is 0.848. The molecular weight excluding hydrogens is 280 g/mol. The zero-order valence-corrected chi connectivity index (χ0v) is 11.4. The average Bonchev–Trinajstić information content (AvgIpc) is 2.46. The van der Waals surface area contributed by atoms with E-state index < -0.39 is 0 Å². The number of aliphatic hydroxyl groups excluding tert-OH is 1. The molecule has 0 unspecified atom stereocenters. The van der Waals surface area contributed by atoms with Crippen LogP contribution in [0, 0.1) is 11.3 Å². The summed E-state index contributed by atoms with van der Waals surface area (Å²) in [6.45, 7) is 1.08. The number of hydrogen-bond donors (Lipinski definition) is 1. The molecule has 0 aliphatic carbocycles. The molecule has 0 bridgehead atoms. The van der Waals surface area contributed by atoms with Crippen LogP contribution in [-0.4, -0.2) is 29.5 Å². The van der Waals surface area contributed by atoms with Crippen molar-refractivity contribution < 1.29 is 9.84 Å². The van der Waals surface area contributed by atoms with Gasteiger partial charge in [0.15, 0.2) is 0 Å². The number of fused-ring (bicyclic) bond motifs is 1. The summed E-state index contributed by atoms with van der Waals surface area (Å²) < 4.78 is 6.99. The lowest BCUT2D eigenvalue weighted by Crippen LogP contribution is -2.15. The minimum Gasteiger partial charge on any atom is -0.394 e. The Morgan fingerprint density at radius 3 is 2.90 bits per heavy atom. The van der Waals surface area contributed by atoms with Crippen molar-refractivity contribution >= 4 is 22.5 Å². The number of halogens is 1. The molecule has 0 spiro atoms. The van der Waals surface area contributed by atoms with Crippen LogP contribution in [0.2, 0.25) is 5.02 Å². The minimum absolute atomic E-state index is 0.0377. The first-order chi connectivity index (χ1) is 9.67. The van der Waals surface area contributed by atoms with Gasteiger partial charge in [-0.1, -0.05) is 11.6 Å². The highest BCUT2D eigenvalue weighted by molar-refractivity contribution is 6.31. The van der Waals surface area contributed by atoms with E-state index >= 15 is 0 Å². The molecule has 0 radical (unpaired) electrons. The Kier molecular flexibility index (Phi) is 4.74. The highest BCUT2D eigenvalue weighted by Gasteiger charge is 2.09. The molecule has 1 N–H and O–H groups in total. The van der Waals surface area contributed by atoms with Gasteiger partial charge >= 0.3 is 0 Å². The number of rotatable bonds is 5. The number of nitriles is 1. The van der Waals surface area contributed by atoms with Gasteiger partial charge in [0, 0.05) is 23.2 Å². The summed E-state index contributed by atoms with van der Waals surface area (Å²) in [5.41, 5.74) is 0.449. The van der Waals surface area contributed by atoms with E-state index in [0.717, 1.165) is 0 Å². The van der Waals surface area contributed by atoms with Crippen LogP contribution in [0.3, 0.4) is 0 Å². The summed E-state index contributed by atoms with van der Waals surface area (Å²) in [5.74, 6) is 0. The van der Waals surface area contributed by atoms with Crippen LogP contribution in [0.1, 0.15) is 5.56 Å². The second kappa shape index (κ2) is 6.53. The van der Waals surface area contributed by atoms with E-state index in [4.69, 9.17) is 26.7 Å². The van der Waals surface area contributed by atoms with E-state index in [1.165, 1.54) is 6.20 Å². The molecule has 0 fully saturated rings. The van der Waals surface area contributed by atoms with Gasteiger partial charge in [0.2, 0.25) is 5.43 Å². The van der Waals surface area contributed by atoms with Crippen LogP contribution in [0.15, 0.2) is 29.2 Å². The molecule has 6 heteroatoms. The second-order valence-corrected chi connectivity index (χ2v) is 4.61. The van der Waals surface area contributed by atoms with Gasteiger partial charge in [-0.2, -0.15) is 5.26 Å². The predicted octanol–water partition coefficient (Wildman–Crippen LogP) is 1.54. The molecule has 0 saturated carbocycles. The Hall–Kier alpha value is -1.87. The molecule has 0 saturated heterocycles. The fourth-order valence-corrected chi connectivity index (χ4v) is 2.14. The summed E-state index contributed by atoms with van der Waals surface area (Å²) in [6, 6.07) is 6.89. The van der Waals surface area contributed by atoms with Gasteiger partial charge in [0.05, 0.1) is 25.3 Å². The van der Waals surface area contributed by atoms with Crippen LogP contribution >= 0.6 is 11.6 Å². The van der Waals surface area contributed by atoms with Crippen LogP contribution in [0.5, 0.6) is 0 Å². The second-order valence-electron chi connectivity index (χ2n) is 4.17. The van der Waals surface area contributed by atoms with Crippen molar-refractivity contribution in [2.75, 3.05) is 19.8 Å². The maximum Gasteiger partial charge on any atom is 0.207 e. The normalized spacial score (nSPS) is 10.7. The van der Waals surface area contributed by atoms with E-state index in [1.54, 1.807) is 22.8 Å². The first kappa shape index (κ1) is 14.5. The number of hydrogen-bond acceptors (Lipinski definition) is 4. The molecule has 0 aliphatic heterocycles. The molecule has 2 aromatic rings. The molecule has 1 aromatic heterocycles. The molecule has 1 aromatic carbocycles. The van der Waals surface area contributed by atoms with Crippen molar-refractivity contribution in [1.82, 2.24) is 4.57 Å². The third-order valence-electron chi connectivity index (χ3n) is 2.87. The minimum atomic E-state index is -0.322. The molecule has 20 heavy (non-hydrogen) atoms. The lowest BCUT2D eigenvalue weighted by molar-refractivity contribution is 0.0874. The van der Waals surface area contributed by atoms with Crippen LogP contribution in [-0.2, 0) is 11.3 Å². The van der Waals surface area contributed by atoms with Gasteiger partial charge in [0.1, 0.15) is 11.6 Å². The van der Waals surface area contributed by atoms with Gasteiger partial charge in [-0.15, -0.1) is 0 Å². The first-order valence-electron chi connectivity index (χ1n) is 6.09. The van der Waals surface area contributed by atoms with E-state index in [1.807, 2.05) is 6.07 Å². The number of benzene rings is 1. The largest absolute Gasteiger partial charge is 0.394 e. The van der Waals surface area contributed by atoms with E-state index in [9.17, 15) is 4.79 Å². The molecule has 0 amide bonds. The molecule has 2 rings (SSSR count). The molecule has 0 aliphatic rings. The van der Waals surface area contributed by atoms with Gasteiger partial charge in [-0.25, -0.2) is 0 Å². The fraction of sp³-hybridized carbons (Fsp3) is 0.286. The summed E-state index contributed by atoms with van der Waals surface area (Å²) in [4.78, 5) is 12.1. The lowest BCUT2D eigenvalue weighted by Gasteiger charge is -2.12. The number of aliphatic hydroxyl groups is 1. The highest BCUT2D eigenvalue weighted by atomic mass is 35.5. The Bertz CT molecular complexity index is 719. The van der Waals surface area contributed by atoms with Crippen LogP contribution in [0.4, 0.5) is 0 Å². The highest BCUT2D eigenvalue weighted by Crippen LogP contribution is 2.17. The van der Waals surface area contributed by atoms with Gasteiger partial charge in [-0.3, -0.25) is 4.79 Å². The third kappa shape index (κ3) is 2.99. The molecule has 0 atom stereocenters. The Balaban J connectivity index is 2.46. The summed E-state index contributed by atoms with van der Waals surface area (Å²) in [7, 11) is 0. The maximum absolute atomic E-state index is 12.1. The summed E-state index contributed by atoms with van der Waals surface area (Å²) in [5, 5.41) is 18.5. The Morgan fingerprint density at radius 1 is 1.40 bits per heavy atom. The Labute approximate surface area is 120 Å². The standard InChI is InChI=1S/C14H13ClN2O3/c15-11-1-2-13-12(7-11)14(19)10(8-16)9-17(13)3-5-20-6-4-18/h1-2,7,9,18H,3-6H2. The van der Waals surface area contributed by atoms with Crippen molar-refractivity contribution in [1.29, 1.82) is 5.26 Å². The smallest absolute Gasteiger partial charge is 0.207 e. The summed E-state index contributed by atoms with van der Waals surface area (Å²) >= 11 is 5.90. The number of nitrogens with zero attached hydrogens (tertiary/aromatic N) is 2. The van der Waals surface area contributed by atoms with Gasteiger partial charge in [0.25, 0.3) is 0 Å². The van der Waals surface area contributed by atoms with Crippen molar-refractivity contribution in [2.24, 2.45) is 0 Å². The number of ether oxygens (including phenoxy) is 1. The van der Waals surface area contributed by atoms with E-state index in [-0.39, 0.29) is 24.2 Å². The summed E-state index contributed by atoms with van der Waals surface area (Å²) in [6.07, 6.45) is 1.51. The van der Waals surface area contributed by atoms with Gasteiger partial charge in [-0.05, 0) is 18.2 Å². The number of aromatic nitrogens is 1. The molecule has 5 nitrogen and oxygen atoms in total. The Morgan fingerprint density at radius 2 is 2.20 bits per heavy atom. The molecule has 104 valence electrons. The topological polar surface area (TPSA) is 75.2 Å². The van der Waals surface area contributed by atoms with Crippen LogP contribution in [0.25, 0.3) is 10.9 Å². The lowest BCUT2D eigenvalue weighted by atomic mass is 10.1. The monoisotopic (exact) mass is 292 g/mol. The van der Waals surface area contributed by atoms with Gasteiger partial charge < -0.3 is 14.4 Å². The van der Waals surface area contributed by atoms with Crippen molar-refractivity contribution in [3.63, 3.8) is 0 Å². The van der Waals surface area contributed by atoms with Crippen LogP contribution < -0.4 is 5.43 Å².